The van der Waals surface area contributed by atoms with Gasteiger partial charge in [0.25, 0.3) is 10.0 Å². The van der Waals surface area contributed by atoms with Gasteiger partial charge >= 0.3 is 0 Å². The van der Waals surface area contributed by atoms with E-state index in [1.807, 2.05) is 13.8 Å². The van der Waals surface area contributed by atoms with Crippen LogP contribution in [-0.2, 0) is 17.1 Å². The van der Waals surface area contributed by atoms with Crippen molar-refractivity contribution in [3.05, 3.63) is 4.60 Å². The van der Waals surface area contributed by atoms with E-state index < -0.39 is 10.0 Å². The summed E-state index contributed by atoms with van der Waals surface area (Å²) in [6.07, 6.45) is 3.30. The molecule has 0 aliphatic carbocycles. The van der Waals surface area contributed by atoms with E-state index in [9.17, 15) is 8.42 Å². The number of halogens is 1. The van der Waals surface area contributed by atoms with Crippen molar-refractivity contribution in [3.8, 4) is 0 Å². The fraction of sp³-hybridized carbons (Fsp3) is 0.833. The Morgan fingerprint density at radius 3 is 2.67 bits per heavy atom. The van der Waals surface area contributed by atoms with E-state index in [-0.39, 0.29) is 21.7 Å². The van der Waals surface area contributed by atoms with Crippen LogP contribution in [0.2, 0.25) is 0 Å². The van der Waals surface area contributed by atoms with E-state index in [1.54, 1.807) is 7.05 Å². The molecule has 0 aromatic carbocycles. The molecular weight excluding hydrogens is 358 g/mol. The van der Waals surface area contributed by atoms with Gasteiger partial charge in [-0.15, -0.1) is 5.10 Å². The number of aromatic nitrogens is 3. The van der Waals surface area contributed by atoms with Crippen molar-refractivity contribution >= 4 is 26.0 Å². The Morgan fingerprint density at radius 1 is 1.48 bits per heavy atom. The predicted molar refractivity (Wildman–Crippen MR) is 83.4 cm³/mol. The van der Waals surface area contributed by atoms with Crippen LogP contribution in [0.15, 0.2) is 9.63 Å². The van der Waals surface area contributed by atoms with Crippen LogP contribution < -0.4 is 5.32 Å². The van der Waals surface area contributed by atoms with Crippen LogP contribution in [0.1, 0.15) is 33.1 Å². The Bertz CT molecular complexity index is 561. The lowest BCUT2D eigenvalue weighted by molar-refractivity contribution is 0.281. The molecule has 1 aromatic heterocycles. The molecule has 0 bridgehead atoms. The first-order chi connectivity index (χ1) is 9.84. The maximum atomic E-state index is 12.9. The lowest BCUT2D eigenvalue weighted by atomic mass is 10.1. The molecule has 0 saturated carbocycles. The number of nitrogens with one attached hydrogen (secondary N) is 1. The maximum absolute atomic E-state index is 12.9. The average molecular weight is 380 g/mol. The zero-order chi connectivity index (χ0) is 15.6. The molecule has 1 aliphatic rings. The number of hydrogen-bond donors (Lipinski definition) is 1. The standard InChI is InChI=1S/C12H22BrN5O2S/c1-9(2)18(8-10-6-4-5-7-14-10)21(19,20)12-11(13)15-16-17(12)3/h9-10,14H,4-8H2,1-3H3. The number of hydrogen-bond acceptors (Lipinski definition) is 5. The summed E-state index contributed by atoms with van der Waals surface area (Å²) in [7, 11) is -2.05. The second-order valence-corrected chi connectivity index (χ2v) is 8.18. The van der Waals surface area contributed by atoms with Gasteiger partial charge < -0.3 is 5.32 Å². The van der Waals surface area contributed by atoms with Gasteiger partial charge in [0.15, 0.2) is 4.60 Å². The zero-order valence-corrected chi connectivity index (χ0v) is 15.0. The molecule has 1 fully saturated rings. The van der Waals surface area contributed by atoms with Crippen molar-refractivity contribution in [3.63, 3.8) is 0 Å². The first-order valence-electron chi connectivity index (χ1n) is 7.14. The Morgan fingerprint density at radius 2 is 2.19 bits per heavy atom. The third-order valence-corrected chi connectivity index (χ3v) is 6.61. The smallest absolute Gasteiger partial charge is 0.263 e. The number of aryl methyl sites for hydroxylation is 1. The number of piperidine rings is 1. The molecule has 0 radical (unpaired) electrons. The topological polar surface area (TPSA) is 80.1 Å². The lowest BCUT2D eigenvalue weighted by Crippen LogP contribution is -2.48. The minimum Gasteiger partial charge on any atom is -0.313 e. The highest BCUT2D eigenvalue weighted by Crippen LogP contribution is 2.24. The van der Waals surface area contributed by atoms with Crippen LogP contribution in [0.3, 0.4) is 0 Å². The van der Waals surface area contributed by atoms with Crippen LogP contribution in [0.5, 0.6) is 0 Å². The molecular formula is C12H22BrN5O2S. The van der Waals surface area contributed by atoms with E-state index in [0.29, 0.717) is 6.54 Å². The third-order valence-electron chi connectivity index (χ3n) is 3.68. The molecule has 120 valence electrons. The largest absolute Gasteiger partial charge is 0.313 e. The fourth-order valence-electron chi connectivity index (χ4n) is 2.59. The van der Waals surface area contributed by atoms with Crippen molar-refractivity contribution in [2.24, 2.45) is 7.05 Å². The van der Waals surface area contributed by atoms with Crippen molar-refractivity contribution < 1.29 is 8.42 Å². The fourth-order valence-corrected chi connectivity index (χ4v) is 5.31. The third kappa shape index (κ3) is 3.64. The van der Waals surface area contributed by atoms with Gasteiger partial charge in [0.2, 0.25) is 5.03 Å². The summed E-state index contributed by atoms with van der Waals surface area (Å²) >= 11 is 3.18. The Hall–Kier alpha value is -0.510. The molecule has 7 nitrogen and oxygen atoms in total. The summed E-state index contributed by atoms with van der Waals surface area (Å²) in [4.78, 5) is 0. The van der Waals surface area contributed by atoms with Gasteiger partial charge in [0.1, 0.15) is 0 Å². The summed E-state index contributed by atoms with van der Waals surface area (Å²) < 4.78 is 28.9. The quantitative estimate of drug-likeness (QED) is 0.828. The zero-order valence-electron chi connectivity index (χ0n) is 12.6. The molecule has 1 aliphatic heterocycles. The predicted octanol–water partition coefficient (Wildman–Crippen LogP) is 1.12. The highest BCUT2D eigenvalue weighted by Gasteiger charge is 2.34. The van der Waals surface area contributed by atoms with Gasteiger partial charge in [0.05, 0.1) is 0 Å². The van der Waals surface area contributed by atoms with Crippen molar-refractivity contribution in [1.29, 1.82) is 0 Å². The number of rotatable bonds is 5. The summed E-state index contributed by atoms with van der Waals surface area (Å²) in [5.41, 5.74) is 0. The van der Waals surface area contributed by atoms with Crippen LogP contribution >= 0.6 is 15.9 Å². The minimum absolute atomic E-state index is 0.104. The monoisotopic (exact) mass is 379 g/mol. The van der Waals surface area contributed by atoms with Gasteiger partial charge in [-0.05, 0) is 49.2 Å². The second-order valence-electron chi connectivity index (χ2n) is 5.62. The van der Waals surface area contributed by atoms with Crippen molar-refractivity contribution in [2.75, 3.05) is 13.1 Å². The molecule has 0 amide bonds. The molecule has 1 atom stereocenters. The molecule has 21 heavy (non-hydrogen) atoms. The van der Waals surface area contributed by atoms with Crippen LogP contribution in [0.4, 0.5) is 0 Å². The van der Waals surface area contributed by atoms with E-state index in [0.717, 1.165) is 25.8 Å². The molecule has 2 rings (SSSR count). The minimum atomic E-state index is -3.63. The van der Waals surface area contributed by atoms with Crippen molar-refractivity contribution in [1.82, 2.24) is 24.6 Å². The SMILES string of the molecule is CC(C)N(CC1CCCCN1)S(=O)(=O)c1c(Br)nnn1C. The molecule has 1 unspecified atom stereocenters. The molecule has 9 heteroatoms. The Labute approximate surface area is 134 Å². The van der Waals surface area contributed by atoms with E-state index in [4.69, 9.17) is 0 Å². The molecule has 1 N–H and O–H groups in total. The van der Waals surface area contributed by atoms with Crippen LogP contribution in [0.25, 0.3) is 0 Å². The Balaban J connectivity index is 2.28. The summed E-state index contributed by atoms with van der Waals surface area (Å²) in [6, 6.07) is 0.0800. The van der Waals surface area contributed by atoms with Gasteiger partial charge in [0, 0.05) is 25.7 Å². The van der Waals surface area contributed by atoms with Crippen LogP contribution in [0, 0.1) is 0 Å². The van der Waals surface area contributed by atoms with Gasteiger partial charge in [-0.2, -0.15) is 4.31 Å². The number of sulfonamides is 1. The first kappa shape index (κ1) is 16.9. The highest BCUT2D eigenvalue weighted by atomic mass is 79.9. The maximum Gasteiger partial charge on any atom is 0.263 e. The molecule has 2 heterocycles. The normalized spacial score (nSPS) is 20.4. The summed E-state index contributed by atoms with van der Waals surface area (Å²) in [6.45, 7) is 5.20. The summed E-state index contributed by atoms with van der Waals surface area (Å²) in [5.74, 6) is 0. The van der Waals surface area contributed by atoms with Gasteiger partial charge in [-0.1, -0.05) is 11.6 Å². The van der Waals surface area contributed by atoms with E-state index in [2.05, 4.69) is 31.6 Å². The Kier molecular flexibility index (Phi) is 5.39. The lowest BCUT2D eigenvalue weighted by Gasteiger charge is -2.32. The summed E-state index contributed by atoms with van der Waals surface area (Å²) in [5, 5.41) is 11.0. The molecule has 0 spiro atoms. The van der Waals surface area contributed by atoms with E-state index in [1.165, 1.54) is 8.99 Å². The highest BCUT2D eigenvalue weighted by molar-refractivity contribution is 9.10. The van der Waals surface area contributed by atoms with Gasteiger partial charge in [-0.25, -0.2) is 13.1 Å². The molecule has 1 aromatic rings. The number of nitrogens with zero attached hydrogens (tertiary/aromatic N) is 4. The van der Waals surface area contributed by atoms with Crippen molar-refractivity contribution in [2.45, 2.75) is 50.2 Å². The molecule has 1 saturated heterocycles. The van der Waals surface area contributed by atoms with E-state index >= 15 is 0 Å². The van der Waals surface area contributed by atoms with Crippen LogP contribution in [-0.4, -0.2) is 52.9 Å². The first-order valence-corrected chi connectivity index (χ1v) is 9.37. The van der Waals surface area contributed by atoms with Gasteiger partial charge in [-0.3, -0.25) is 0 Å². The average Bonchev–Trinajstić information content (AvgIpc) is 2.76. The second kappa shape index (κ2) is 6.72.